The van der Waals surface area contributed by atoms with Crippen molar-refractivity contribution >= 4 is 40.0 Å². The molecule has 0 amide bonds. The van der Waals surface area contributed by atoms with Crippen LogP contribution in [0.4, 0.5) is 8.78 Å². The number of hydrogen-bond acceptors (Lipinski definition) is 7. The number of carbonyl (C=O) groups is 1. The first kappa shape index (κ1) is 25.8. The molecule has 3 N–H and O–H groups in total. The Morgan fingerprint density at radius 1 is 1.37 bits per heavy atom. The summed E-state index contributed by atoms with van der Waals surface area (Å²) in [4.78, 5) is 18.3. The van der Waals surface area contributed by atoms with E-state index in [0.29, 0.717) is 41.6 Å². The highest BCUT2D eigenvalue weighted by Crippen LogP contribution is 2.34. The number of nitrogens with two attached hydrogens (primary N) is 1. The summed E-state index contributed by atoms with van der Waals surface area (Å²) in [6, 6.07) is 7.92. The molecule has 4 rings (SSSR count). The van der Waals surface area contributed by atoms with Crippen molar-refractivity contribution in [2.75, 3.05) is 32.5 Å². The second kappa shape index (κ2) is 11.6. The Bertz CT molecular complexity index is 1180. The van der Waals surface area contributed by atoms with E-state index in [9.17, 15) is 18.7 Å². The van der Waals surface area contributed by atoms with Crippen molar-refractivity contribution in [1.29, 1.82) is 0 Å². The van der Waals surface area contributed by atoms with Gasteiger partial charge in [0.25, 0.3) is 0 Å². The summed E-state index contributed by atoms with van der Waals surface area (Å²) in [5.41, 5.74) is 7.47. The second-order valence-corrected chi connectivity index (χ2v) is 11.2. The van der Waals surface area contributed by atoms with Gasteiger partial charge >= 0.3 is 5.97 Å². The fourth-order valence-electron chi connectivity index (χ4n) is 4.76. The van der Waals surface area contributed by atoms with E-state index < -0.39 is 23.7 Å². The van der Waals surface area contributed by atoms with Crippen LogP contribution in [0.2, 0.25) is 0 Å². The van der Waals surface area contributed by atoms with Crippen LogP contribution in [-0.2, 0) is 4.79 Å². The lowest BCUT2D eigenvalue weighted by Crippen LogP contribution is -2.44. The van der Waals surface area contributed by atoms with Crippen LogP contribution in [0.15, 0.2) is 40.7 Å². The van der Waals surface area contributed by atoms with Crippen molar-refractivity contribution in [2.45, 2.75) is 29.5 Å². The first-order valence-electron chi connectivity index (χ1n) is 11.6. The van der Waals surface area contributed by atoms with Gasteiger partial charge in [0.05, 0.1) is 29.0 Å². The summed E-state index contributed by atoms with van der Waals surface area (Å²) in [5, 5.41) is 10.3. The van der Waals surface area contributed by atoms with Gasteiger partial charge < -0.3 is 20.5 Å². The number of pyridine rings is 1. The summed E-state index contributed by atoms with van der Waals surface area (Å²) in [5.74, 6) is -0.435. The van der Waals surface area contributed by atoms with E-state index in [1.165, 1.54) is 12.3 Å². The van der Waals surface area contributed by atoms with Gasteiger partial charge in [0.1, 0.15) is 11.6 Å². The highest BCUT2D eigenvalue weighted by molar-refractivity contribution is 8.01. The predicted molar refractivity (Wildman–Crippen MR) is 135 cm³/mol. The zero-order chi connectivity index (χ0) is 24.9. The lowest BCUT2D eigenvalue weighted by Gasteiger charge is -2.37. The highest BCUT2D eigenvalue weighted by Gasteiger charge is 2.34. The maximum absolute atomic E-state index is 14.8. The third-order valence-corrected chi connectivity index (χ3v) is 8.72. The Morgan fingerprint density at radius 2 is 2.20 bits per heavy atom. The number of aromatic nitrogens is 1. The van der Waals surface area contributed by atoms with E-state index in [0.717, 1.165) is 40.8 Å². The Hall–Kier alpha value is -2.27. The third-order valence-electron chi connectivity index (χ3n) is 6.65. The third kappa shape index (κ3) is 6.30. The molecule has 3 atom stereocenters. The normalized spacial score (nSPS) is 19.7. The number of thiophene rings is 1. The van der Waals surface area contributed by atoms with Gasteiger partial charge in [-0.25, -0.2) is 4.39 Å². The fourth-order valence-corrected chi connectivity index (χ4v) is 6.66. The minimum Gasteiger partial charge on any atom is -0.497 e. The first-order valence-corrected chi connectivity index (χ1v) is 13.4. The number of piperidine rings is 1. The molecule has 0 aliphatic carbocycles. The van der Waals surface area contributed by atoms with E-state index >= 15 is 0 Å². The lowest BCUT2D eigenvalue weighted by atomic mass is 9.81. The number of carboxylic acids is 1. The van der Waals surface area contributed by atoms with Gasteiger partial charge in [-0.1, -0.05) is 11.3 Å². The highest BCUT2D eigenvalue weighted by atomic mass is 32.2. The molecule has 0 radical (unpaired) electrons. The molecule has 1 saturated heterocycles. The van der Waals surface area contributed by atoms with Gasteiger partial charge in [-0.2, -0.15) is 4.39 Å². The van der Waals surface area contributed by atoms with Crippen LogP contribution in [0.5, 0.6) is 5.75 Å². The molecule has 2 aromatic heterocycles. The predicted octanol–water partition coefficient (Wildman–Crippen LogP) is 5.18. The number of carboxylic acid groups (broad SMARTS) is 1. The van der Waals surface area contributed by atoms with Crippen LogP contribution in [0.1, 0.15) is 30.9 Å². The van der Waals surface area contributed by atoms with Gasteiger partial charge in [-0.15, -0.1) is 11.8 Å². The van der Waals surface area contributed by atoms with Crippen molar-refractivity contribution in [3.05, 3.63) is 53.0 Å². The Morgan fingerprint density at radius 3 is 2.91 bits per heavy atom. The van der Waals surface area contributed by atoms with Gasteiger partial charge in [-0.3, -0.25) is 9.78 Å². The largest absolute Gasteiger partial charge is 0.497 e. The van der Waals surface area contributed by atoms with E-state index in [1.807, 2.05) is 0 Å². The van der Waals surface area contributed by atoms with Gasteiger partial charge in [0.15, 0.2) is 5.13 Å². The van der Waals surface area contributed by atoms with E-state index in [1.54, 1.807) is 43.1 Å². The van der Waals surface area contributed by atoms with Gasteiger partial charge in [0, 0.05) is 35.8 Å². The summed E-state index contributed by atoms with van der Waals surface area (Å²) >= 11 is 2.71. The smallest absolute Gasteiger partial charge is 0.308 e. The molecule has 1 fully saturated rings. The first-order chi connectivity index (χ1) is 16.9. The van der Waals surface area contributed by atoms with Crippen molar-refractivity contribution in [2.24, 2.45) is 17.6 Å². The van der Waals surface area contributed by atoms with Crippen molar-refractivity contribution in [3.63, 3.8) is 0 Å². The van der Waals surface area contributed by atoms with Gasteiger partial charge in [0.2, 0.25) is 0 Å². The van der Waals surface area contributed by atoms with Crippen LogP contribution >= 0.6 is 23.1 Å². The number of likely N-dealkylation sites (tertiary alicyclic amines) is 1. The molecule has 3 aromatic rings. The summed E-state index contributed by atoms with van der Waals surface area (Å²) < 4.78 is 34.1. The monoisotopic (exact) mass is 521 g/mol. The van der Waals surface area contributed by atoms with Gasteiger partial charge in [-0.05, 0) is 62.1 Å². The maximum Gasteiger partial charge on any atom is 0.308 e. The van der Waals surface area contributed by atoms with Crippen LogP contribution in [0.3, 0.4) is 0 Å². The van der Waals surface area contributed by atoms with Crippen molar-refractivity contribution in [3.8, 4) is 5.75 Å². The fraction of sp³-hybridized carbons (Fsp3) is 0.440. The molecule has 1 aromatic carbocycles. The Kier molecular flexibility index (Phi) is 8.59. The average Bonchev–Trinajstić information content (AvgIpc) is 3.27. The standard InChI is InChI=1S/C25H29F2N3O3S2/c1-33-16-3-5-21-17(12-16)24(19(26)13-29-21)20(28)4-2-15-8-9-30(14-18(15)25(31)32)10-11-34-23-7-6-22(27)35-23/h3,5-7,12-13,15,18,20H,2,4,8-11,14,28H2,1H3,(H,31,32). The summed E-state index contributed by atoms with van der Waals surface area (Å²) in [6.07, 6.45) is 3.00. The molecule has 3 unspecified atom stereocenters. The summed E-state index contributed by atoms with van der Waals surface area (Å²) in [7, 11) is 1.55. The number of halogens is 2. The van der Waals surface area contributed by atoms with Crippen LogP contribution in [0.25, 0.3) is 10.9 Å². The summed E-state index contributed by atoms with van der Waals surface area (Å²) in [6.45, 7) is 2.02. The molecule has 10 heteroatoms. The zero-order valence-corrected chi connectivity index (χ0v) is 21.1. The number of fused-ring (bicyclic) bond motifs is 1. The SMILES string of the molecule is COc1ccc2ncc(F)c(C(N)CCC3CCN(CCSc4ccc(F)s4)CC3C(=O)O)c2c1. The Balaban J connectivity index is 1.37. The molecule has 0 spiro atoms. The number of hydrogen-bond donors (Lipinski definition) is 2. The van der Waals surface area contributed by atoms with Crippen molar-refractivity contribution < 1.29 is 23.4 Å². The van der Waals surface area contributed by atoms with E-state index in [4.69, 9.17) is 10.5 Å². The molecular weight excluding hydrogens is 492 g/mol. The number of methoxy groups -OCH3 is 1. The molecule has 0 bridgehead atoms. The molecule has 3 heterocycles. The lowest BCUT2D eigenvalue weighted by molar-refractivity contribution is -0.146. The quantitative estimate of drug-likeness (QED) is 0.356. The molecule has 1 aliphatic heterocycles. The number of ether oxygens (including phenoxy) is 1. The maximum atomic E-state index is 14.8. The number of thioether (sulfide) groups is 1. The molecule has 35 heavy (non-hydrogen) atoms. The number of nitrogens with zero attached hydrogens (tertiary/aromatic N) is 2. The Labute approximate surface area is 211 Å². The molecule has 0 saturated carbocycles. The topological polar surface area (TPSA) is 88.7 Å². The number of benzene rings is 1. The van der Waals surface area contributed by atoms with E-state index in [-0.39, 0.29) is 11.0 Å². The minimum absolute atomic E-state index is 0.0282. The molecule has 6 nitrogen and oxygen atoms in total. The van der Waals surface area contributed by atoms with Crippen LogP contribution in [-0.4, -0.2) is 53.5 Å². The zero-order valence-electron chi connectivity index (χ0n) is 19.5. The molecular formula is C25H29F2N3O3S2. The van der Waals surface area contributed by atoms with Crippen molar-refractivity contribution in [1.82, 2.24) is 9.88 Å². The second-order valence-electron chi connectivity index (χ2n) is 8.79. The van der Waals surface area contributed by atoms with E-state index in [2.05, 4.69) is 9.88 Å². The molecule has 188 valence electrons. The van der Waals surface area contributed by atoms with Crippen LogP contribution in [0, 0.1) is 22.8 Å². The number of aliphatic carboxylic acids is 1. The average molecular weight is 522 g/mol. The number of rotatable bonds is 10. The minimum atomic E-state index is -0.813. The molecule has 1 aliphatic rings. The van der Waals surface area contributed by atoms with Crippen LogP contribution < -0.4 is 10.5 Å².